The van der Waals surface area contributed by atoms with Gasteiger partial charge >= 0.3 is 5.97 Å². The largest absolute Gasteiger partial charge is 0.467 e. The lowest BCUT2D eigenvalue weighted by Crippen LogP contribution is -2.32. The second-order valence-corrected chi connectivity index (χ2v) is 5.48. The van der Waals surface area contributed by atoms with Gasteiger partial charge in [-0.25, -0.2) is 9.48 Å². The molecule has 0 fully saturated rings. The standard InChI is InChI=1S/C19H18N2O3/c1-3-17(19(23)24-2)21-18(22)12-11-16(20-21)15-10-6-8-13-7-4-5-9-14(13)15/h4-12,17H,3H2,1-2H3/t17-/m1/s1. The van der Waals surface area contributed by atoms with Crippen LogP contribution in [0.5, 0.6) is 0 Å². The summed E-state index contributed by atoms with van der Waals surface area (Å²) in [5.74, 6) is -0.470. The van der Waals surface area contributed by atoms with Crippen molar-refractivity contribution in [3.05, 3.63) is 65.0 Å². The van der Waals surface area contributed by atoms with Crippen molar-refractivity contribution in [1.82, 2.24) is 9.78 Å². The Morgan fingerprint density at radius 3 is 2.62 bits per heavy atom. The number of methoxy groups -OCH3 is 1. The molecule has 122 valence electrons. The van der Waals surface area contributed by atoms with Gasteiger partial charge < -0.3 is 4.74 Å². The number of fused-ring (bicyclic) bond motifs is 1. The van der Waals surface area contributed by atoms with E-state index in [1.54, 1.807) is 6.07 Å². The minimum Gasteiger partial charge on any atom is -0.467 e. The molecule has 1 heterocycles. The van der Waals surface area contributed by atoms with Crippen molar-refractivity contribution < 1.29 is 9.53 Å². The van der Waals surface area contributed by atoms with Gasteiger partial charge in [0.1, 0.15) is 0 Å². The summed E-state index contributed by atoms with van der Waals surface area (Å²) < 4.78 is 6.00. The third-order valence-electron chi connectivity index (χ3n) is 4.05. The smallest absolute Gasteiger partial charge is 0.330 e. The molecule has 5 heteroatoms. The molecule has 0 saturated carbocycles. The lowest BCUT2D eigenvalue weighted by molar-refractivity contribution is -0.145. The molecule has 1 aromatic heterocycles. The van der Waals surface area contributed by atoms with E-state index in [4.69, 9.17) is 4.74 Å². The van der Waals surface area contributed by atoms with E-state index in [0.29, 0.717) is 12.1 Å². The van der Waals surface area contributed by atoms with Crippen LogP contribution in [0.3, 0.4) is 0 Å². The minimum atomic E-state index is -0.725. The molecule has 0 aliphatic rings. The molecular weight excluding hydrogens is 304 g/mol. The molecule has 0 aliphatic carbocycles. The van der Waals surface area contributed by atoms with Crippen LogP contribution in [0.15, 0.2) is 59.4 Å². The predicted octanol–water partition coefficient (Wildman–Crippen LogP) is 3.19. The zero-order valence-electron chi connectivity index (χ0n) is 13.6. The minimum absolute atomic E-state index is 0.323. The summed E-state index contributed by atoms with van der Waals surface area (Å²) in [6, 6.07) is 16.3. The van der Waals surface area contributed by atoms with E-state index in [1.807, 2.05) is 49.4 Å². The maximum absolute atomic E-state index is 12.2. The number of carbonyl (C=O) groups excluding carboxylic acids is 1. The van der Waals surface area contributed by atoms with Crippen LogP contribution in [0.4, 0.5) is 0 Å². The van der Waals surface area contributed by atoms with Gasteiger partial charge in [0, 0.05) is 11.6 Å². The zero-order chi connectivity index (χ0) is 17.1. The lowest BCUT2D eigenvalue weighted by Gasteiger charge is -2.15. The van der Waals surface area contributed by atoms with Crippen LogP contribution in [0.1, 0.15) is 19.4 Å². The van der Waals surface area contributed by atoms with Crippen LogP contribution < -0.4 is 5.56 Å². The second kappa shape index (κ2) is 6.66. The fraction of sp³-hybridized carbons (Fsp3) is 0.211. The van der Waals surface area contributed by atoms with Gasteiger partial charge in [0.25, 0.3) is 5.56 Å². The number of hydrogen-bond acceptors (Lipinski definition) is 4. The van der Waals surface area contributed by atoms with Crippen molar-refractivity contribution in [3.63, 3.8) is 0 Å². The van der Waals surface area contributed by atoms with E-state index in [2.05, 4.69) is 5.10 Å². The first kappa shape index (κ1) is 15.9. The number of ether oxygens (including phenoxy) is 1. The summed E-state index contributed by atoms with van der Waals surface area (Å²) in [4.78, 5) is 24.1. The Kier molecular flexibility index (Phi) is 4.42. The molecular formula is C19H18N2O3. The monoisotopic (exact) mass is 322 g/mol. The molecule has 5 nitrogen and oxygen atoms in total. The third kappa shape index (κ3) is 2.80. The van der Waals surface area contributed by atoms with Crippen molar-refractivity contribution in [1.29, 1.82) is 0 Å². The van der Waals surface area contributed by atoms with E-state index in [9.17, 15) is 9.59 Å². The van der Waals surface area contributed by atoms with Gasteiger partial charge in [0.15, 0.2) is 6.04 Å². The number of hydrogen-bond donors (Lipinski definition) is 0. The first-order valence-corrected chi connectivity index (χ1v) is 7.81. The maximum atomic E-state index is 12.2. The highest BCUT2D eigenvalue weighted by molar-refractivity contribution is 5.95. The molecule has 0 unspecified atom stereocenters. The zero-order valence-corrected chi connectivity index (χ0v) is 13.6. The predicted molar refractivity (Wildman–Crippen MR) is 92.8 cm³/mol. The van der Waals surface area contributed by atoms with E-state index < -0.39 is 12.0 Å². The first-order chi connectivity index (χ1) is 11.7. The number of nitrogens with zero attached hydrogens (tertiary/aromatic N) is 2. The van der Waals surface area contributed by atoms with Gasteiger partial charge in [0.05, 0.1) is 12.8 Å². The summed E-state index contributed by atoms with van der Waals surface area (Å²) in [5, 5.41) is 6.57. The Labute approximate surface area is 139 Å². The van der Waals surface area contributed by atoms with Gasteiger partial charge in [-0.2, -0.15) is 5.10 Å². The highest BCUT2D eigenvalue weighted by Gasteiger charge is 2.22. The Balaban J connectivity index is 2.18. The molecule has 0 aliphatic heterocycles. The van der Waals surface area contributed by atoms with Crippen LogP contribution in [0.2, 0.25) is 0 Å². The van der Waals surface area contributed by atoms with Crippen LogP contribution in [0, 0.1) is 0 Å². The molecule has 24 heavy (non-hydrogen) atoms. The average Bonchev–Trinajstić information content (AvgIpc) is 2.63. The molecule has 1 atom stereocenters. The Morgan fingerprint density at radius 1 is 1.12 bits per heavy atom. The van der Waals surface area contributed by atoms with Gasteiger partial charge in [-0.15, -0.1) is 0 Å². The van der Waals surface area contributed by atoms with Crippen molar-refractivity contribution in [2.45, 2.75) is 19.4 Å². The van der Waals surface area contributed by atoms with Crippen molar-refractivity contribution in [2.24, 2.45) is 0 Å². The van der Waals surface area contributed by atoms with Crippen LogP contribution in [-0.4, -0.2) is 22.9 Å². The fourth-order valence-electron chi connectivity index (χ4n) is 2.82. The number of esters is 1. The molecule has 0 radical (unpaired) electrons. The van der Waals surface area contributed by atoms with Gasteiger partial charge in [-0.05, 0) is 23.3 Å². The summed E-state index contributed by atoms with van der Waals surface area (Å²) in [6.07, 6.45) is 0.429. The fourth-order valence-corrected chi connectivity index (χ4v) is 2.82. The van der Waals surface area contributed by atoms with E-state index in [-0.39, 0.29) is 5.56 Å². The quantitative estimate of drug-likeness (QED) is 0.692. The third-order valence-corrected chi connectivity index (χ3v) is 4.05. The molecule has 3 aromatic rings. The van der Waals surface area contributed by atoms with E-state index in [1.165, 1.54) is 17.9 Å². The summed E-state index contributed by atoms with van der Waals surface area (Å²) in [7, 11) is 1.31. The topological polar surface area (TPSA) is 61.2 Å². The summed E-state index contributed by atoms with van der Waals surface area (Å²) in [5.41, 5.74) is 1.24. The molecule has 0 N–H and O–H groups in total. The molecule has 0 spiro atoms. The van der Waals surface area contributed by atoms with Crippen LogP contribution in [0.25, 0.3) is 22.0 Å². The van der Waals surface area contributed by atoms with Gasteiger partial charge in [-0.1, -0.05) is 49.4 Å². The Morgan fingerprint density at radius 2 is 1.88 bits per heavy atom. The Hall–Kier alpha value is -2.95. The molecule has 0 saturated heterocycles. The number of benzene rings is 2. The van der Waals surface area contributed by atoms with Crippen LogP contribution in [-0.2, 0) is 9.53 Å². The summed E-state index contributed by atoms with van der Waals surface area (Å²) in [6.45, 7) is 1.82. The van der Waals surface area contributed by atoms with Crippen molar-refractivity contribution >= 4 is 16.7 Å². The molecule has 0 amide bonds. The molecule has 2 aromatic carbocycles. The number of aromatic nitrogens is 2. The van der Waals surface area contributed by atoms with E-state index >= 15 is 0 Å². The highest BCUT2D eigenvalue weighted by atomic mass is 16.5. The molecule has 0 bridgehead atoms. The Bertz CT molecular complexity index is 941. The second-order valence-electron chi connectivity index (χ2n) is 5.48. The van der Waals surface area contributed by atoms with Gasteiger partial charge in [-0.3, -0.25) is 4.79 Å². The van der Waals surface area contributed by atoms with E-state index in [0.717, 1.165) is 16.3 Å². The first-order valence-electron chi connectivity index (χ1n) is 7.81. The molecule has 3 rings (SSSR count). The number of rotatable bonds is 4. The highest BCUT2D eigenvalue weighted by Crippen LogP contribution is 2.26. The SMILES string of the molecule is CC[C@H](C(=O)OC)n1nc(-c2cccc3ccccc23)ccc1=O. The van der Waals surface area contributed by atoms with Crippen molar-refractivity contribution in [2.75, 3.05) is 7.11 Å². The van der Waals surface area contributed by atoms with Gasteiger partial charge in [0.2, 0.25) is 0 Å². The normalized spacial score (nSPS) is 12.1. The maximum Gasteiger partial charge on any atom is 0.330 e. The number of carbonyl (C=O) groups is 1. The lowest BCUT2D eigenvalue weighted by atomic mass is 10.0. The van der Waals surface area contributed by atoms with Crippen molar-refractivity contribution in [3.8, 4) is 11.3 Å². The summed E-state index contributed by atoms with van der Waals surface area (Å²) >= 11 is 0. The van der Waals surface area contributed by atoms with Crippen LogP contribution >= 0.6 is 0 Å². The average molecular weight is 322 g/mol.